The maximum atomic E-state index is 9.35. The van der Waals surface area contributed by atoms with Gasteiger partial charge in [-0.05, 0) is 49.9 Å². The fraction of sp³-hybridized carbons (Fsp3) is 0.571. The molecule has 0 aliphatic rings. The number of aliphatic hydroxyl groups excluding tert-OH is 2. The van der Waals surface area contributed by atoms with Crippen LogP contribution in [-0.4, -0.2) is 36.5 Å². The number of aryl methyl sites for hydroxylation is 1. The first kappa shape index (κ1) is 14.0. The molecule has 0 fully saturated rings. The molecule has 96 valence electrons. The number of benzene rings is 1. The van der Waals surface area contributed by atoms with Gasteiger partial charge in [-0.1, -0.05) is 6.07 Å². The van der Waals surface area contributed by atoms with Gasteiger partial charge in [-0.3, -0.25) is 0 Å². The number of anilines is 1. The maximum Gasteiger partial charge on any atom is 0.0635 e. The molecule has 0 aliphatic carbocycles. The maximum absolute atomic E-state index is 9.35. The largest absolute Gasteiger partial charge is 0.396 e. The Kier molecular flexibility index (Phi) is 4.97. The number of aliphatic hydroxyl groups is 2. The number of nitrogens with zero attached hydrogens (tertiary/aromatic N) is 1. The van der Waals surface area contributed by atoms with Gasteiger partial charge in [-0.2, -0.15) is 0 Å². The van der Waals surface area contributed by atoms with Gasteiger partial charge < -0.3 is 15.1 Å². The molecule has 0 amide bonds. The van der Waals surface area contributed by atoms with Gasteiger partial charge in [0.25, 0.3) is 0 Å². The summed E-state index contributed by atoms with van der Waals surface area (Å²) in [5, 5.41) is 18.3. The first-order chi connectivity index (χ1) is 8.02. The summed E-state index contributed by atoms with van der Waals surface area (Å²) in [5.41, 5.74) is 4.93. The molecule has 0 saturated heterocycles. The fourth-order valence-corrected chi connectivity index (χ4v) is 2.08. The average Bonchev–Trinajstić information content (AvgIpc) is 2.32. The molecule has 3 heteroatoms. The molecule has 0 heterocycles. The summed E-state index contributed by atoms with van der Waals surface area (Å²) < 4.78 is 0. The minimum absolute atomic E-state index is 0.0270. The first-order valence-corrected chi connectivity index (χ1v) is 6.04. The summed E-state index contributed by atoms with van der Waals surface area (Å²) in [5.74, 6) is 0. The second-order valence-corrected chi connectivity index (χ2v) is 4.61. The molecule has 1 atom stereocenters. The van der Waals surface area contributed by atoms with Gasteiger partial charge in [0.15, 0.2) is 0 Å². The van der Waals surface area contributed by atoms with Crippen LogP contribution in [0.1, 0.15) is 23.1 Å². The molecular weight excluding hydrogens is 214 g/mol. The molecule has 0 saturated carbocycles. The quantitative estimate of drug-likeness (QED) is 0.820. The van der Waals surface area contributed by atoms with Crippen molar-refractivity contribution in [1.29, 1.82) is 0 Å². The highest BCUT2D eigenvalue weighted by Crippen LogP contribution is 2.26. The van der Waals surface area contributed by atoms with Crippen LogP contribution in [0, 0.1) is 20.8 Å². The monoisotopic (exact) mass is 237 g/mol. The van der Waals surface area contributed by atoms with Crippen molar-refractivity contribution in [1.82, 2.24) is 0 Å². The minimum atomic E-state index is -0.0270. The summed E-state index contributed by atoms with van der Waals surface area (Å²) in [6.07, 6.45) is 0.583. The molecule has 0 aromatic heterocycles. The Hall–Kier alpha value is -1.06. The van der Waals surface area contributed by atoms with Crippen molar-refractivity contribution in [2.45, 2.75) is 33.2 Å². The zero-order valence-corrected chi connectivity index (χ0v) is 11.2. The minimum Gasteiger partial charge on any atom is -0.396 e. The highest BCUT2D eigenvalue weighted by molar-refractivity contribution is 5.58. The Morgan fingerprint density at radius 3 is 2.29 bits per heavy atom. The van der Waals surface area contributed by atoms with E-state index in [9.17, 15) is 5.11 Å². The molecule has 1 aromatic rings. The molecule has 0 radical (unpaired) electrons. The fourth-order valence-electron chi connectivity index (χ4n) is 2.08. The summed E-state index contributed by atoms with van der Waals surface area (Å²) in [7, 11) is 1.97. The molecule has 1 unspecified atom stereocenters. The lowest BCUT2D eigenvalue weighted by Gasteiger charge is -2.30. The summed E-state index contributed by atoms with van der Waals surface area (Å²) in [6, 6.07) is 4.15. The Morgan fingerprint density at radius 1 is 1.12 bits per heavy atom. The van der Waals surface area contributed by atoms with Gasteiger partial charge in [-0.25, -0.2) is 0 Å². The number of rotatable bonds is 5. The Balaban J connectivity index is 3.03. The summed E-state index contributed by atoms with van der Waals surface area (Å²) in [4.78, 5) is 2.05. The van der Waals surface area contributed by atoms with Crippen LogP contribution < -0.4 is 4.90 Å². The van der Waals surface area contributed by atoms with E-state index in [1.54, 1.807) is 0 Å². The third-order valence-electron chi connectivity index (χ3n) is 3.63. The van der Waals surface area contributed by atoms with Crippen LogP contribution in [0.2, 0.25) is 0 Å². The zero-order valence-electron chi connectivity index (χ0n) is 11.2. The van der Waals surface area contributed by atoms with E-state index in [1.165, 1.54) is 16.7 Å². The highest BCUT2D eigenvalue weighted by atomic mass is 16.3. The third kappa shape index (κ3) is 2.99. The SMILES string of the molecule is Cc1ccc(N(C)C(CO)CCO)c(C)c1C. The molecule has 1 rings (SSSR count). The van der Waals surface area contributed by atoms with Gasteiger partial charge >= 0.3 is 0 Å². The van der Waals surface area contributed by atoms with Crippen molar-refractivity contribution in [3.05, 3.63) is 28.8 Å². The van der Waals surface area contributed by atoms with Crippen LogP contribution in [0.3, 0.4) is 0 Å². The van der Waals surface area contributed by atoms with E-state index in [0.29, 0.717) is 6.42 Å². The topological polar surface area (TPSA) is 43.7 Å². The van der Waals surface area contributed by atoms with Crippen LogP contribution in [0.5, 0.6) is 0 Å². The summed E-state index contributed by atoms with van der Waals surface area (Å²) >= 11 is 0. The molecule has 2 N–H and O–H groups in total. The highest BCUT2D eigenvalue weighted by Gasteiger charge is 2.16. The van der Waals surface area contributed by atoms with Crippen LogP contribution >= 0.6 is 0 Å². The van der Waals surface area contributed by atoms with Gasteiger partial charge in [0.1, 0.15) is 0 Å². The Bertz CT molecular complexity index is 377. The van der Waals surface area contributed by atoms with Crippen molar-refractivity contribution in [2.24, 2.45) is 0 Å². The Morgan fingerprint density at radius 2 is 1.76 bits per heavy atom. The predicted octanol–water partition coefficient (Wildman–Crippen LogP) is 1.79. The van der Waals surface area contributed by atoms with E-state index in [1.807, 2.05) is 7.05 Å². The second-order valence-electron chi connectivity index (χ2n) is 4.61. The van der Waals surface area contributed by atoms with Gasteiger partial charge in [0, 0.05) is 19.3 Å². The number of likely N-dealkylation sites (N-methyl/N-ethyl adjacent to an activating group) is 1. The first-order valence-electron chi connectivity index (χ1n) is 6.04. The van der Waals surface area contributed by atoms with Gasteiger partial charge in [-0.15, -0.1) is 0 Å². The predicted molar refractivity (Wildman–Crippen MR) is 71.6 cm³/mol. The van der Waals surface area contributed by atoms with E-state index < -0.39 is 0 Å². The zero-order chi connectivity index (χ0) is 13.0. The van der Waals surface area contributed by atoms with E-state index in [4.69, 9.17) is 5.11 Å². The molecule has 0 bridgehead atoms. The van der Waals surface area contributed by atoms with Crippen molar-refractivity contribution in [3.63, 3.8) is 0 Å². The molecule has 1 aromatic carbocycles. The van der Waals surface area contributed by atoms with Crippen molar-refractivity contribution < 1.29 is 10.2 Å². The Labute approximate surface area is 104 Å². The lowest BCUT2D eigenvalue weighted by Crippen LogP contribution is -2.36. The molecule has 17 heavy (non-hydrogen) atoms. The molecule has 0 spiro atoms. The molecule has 3 nitrogen and oxygen atoms in total. The molecular formula is C14H23NO2. The number of hydrogen-bond donors (Lipinski definition) is 2. The normalized spacial score (nSPS) is 12.6. The smallest absolute Gasteiger partial charge is 0.0635 e. The van der Waals surface area contributed by atoms with E-state index in [-0.39, 0.29) is 19.3 Å². The number of hydrogen-bond acceptors (Lipinski definition) is 3. The van der Waals surface area contributed by atoms with Crippen molar-refractivity contribution in [3.8, 4) is 0 Å². The van der Waals surface area contributed by atoms with Gasteiger partial charge in [0.2, 0.25) is 0 Å². The van der Waals surface area contributed by atoms with E-state index in [0.717, 1.165) is 5.69 Å². The average molecular weight is 237 g/mol. The van der Waals surface area contributed by atoms with E-state index in [2.05, 4.69) is 37.8 Å². The molecule has 0 aliphatic heterocycles. The summed E-state index contributed by atoms with van der Waals surface area (Å²) in [6.45, 7) is 6.47. The standard InChI is InChI=1S/C14H23NO2/c1-10-5-6-14(12(3)11(10)2)15(4)13(9-17)7-8-16/h5-6,13,16-17H,7-9H2,1-4H3. The van der Waals surface area contributed by atoms with Gasteiger partial charge in [0.05, 0.1) is 12.6 Å². The lowest BCUT2D eigenvalue weighted by molar-refractivity contribution is 0.218. The third-order valence-corrected chi connectivity index (χ3v) is 3.63. The van der Waals surface area contributed by atoms with Crippen LogP contribution in [0.4, 0.5) is 5.69 Å². The second kappa shape index (κ2) is 6.03. The van der Waals surface area contributed by atoms with E-state index >= 15 is 0 Å². The van der Waals surface area contributed by atoms with Crippen LogP contribution in [0.15, 0.2) is 12.1 Å². The van der Waals surface area contributed by atoms with Crippen LogP contribution in [0.25, 0.3) is 0 Å². The lowest BCUT2D eigenvalue weighted by atomic mass is 10.0. The van der Waals surface area contributed by atoms with Crippen molar-refractivity contribution >= 4 is 5.69 Å². The van der Waals surface area contributed by atoms with Crippen molar-refractivity contribution in [2.75, 3.05) is 25.2 Å². The van der Waals surface area contributed by atoms with Crippen LogP contribution in [-0.2, 0) is 0 Å².